The number of anilines is 2. The number of fused-ring (bicyclic) bond motifs is 1. The number of hydrogen-bond acceptors (Lipinski definition) is 4. The molecule has 8 heteroatoms. The maximum atomic E-state index is 13.1. The molecule has 0 fully saturated rings. The molecule has 0 spiro atoms. The maximum absolute atomic E-state index is 13.1. The third kappa shape index (κ3) is 4.46. The molecule has 0 unspecified atom stereocenters. The van der Waals surface area contributed by atoms with Crippen molar-refractivity contribution in [3.8, 4) is 0 Å². The van der Waals surface area contributed by atoms with Gasteiger partial charge >= 0.3 is 0 Å². The van der Waals surface area contributed by atoms with E-state index in [0.29, 0.717) is 22.1 Å². The van der Waals surface area contributed by atoms with E-state index >= 15 is 0 Å². The number of aryl methyl sites for hydroxylation is 2. The lowest BCUT2D eigenvalue weighted by Crippen LogP contribution is -2.15. The van der Waals surface area contributed by atoms with Gasteiger partial charge in [-0.05, 0) is 50.2 Å². The van der Waals surface area contributed by atoms with Crippen molar-refractivity contribution < 1.29 is 16.8 Å². The van der Waals surface area contributed by atoms with Crippen molar-refractivity contribution in [3.05, 3.63) is 96.1 Å². The monoisotopic (exact) mass is 466 g/mol. The van der Waals surface area contributed by atoms with Crippen LogP contribution in [0.1, 0.15) is 11.1 Å². The van der Waals surface area contributed by atoms with Crippen molar-refractivity contribution in [3.63, 3.8) is 0 Å². The number of nitrogens with one attached hydrogen (secondary N) is 2. The molecule has 6 nitrogen and oxygen atoms in total. The number of rotatable bonds is 6. The van der Waals surface area contributed by atoms with Crippen LogP contribution in [-0.4, -0.2) is 16.8 Å². The second-order valence-corrected chi connectivity index (χ2v) is 10.9. The second-order valence-electron chi connectivity index (χ2n) is 7.55. The summed E-state index contributed by atoms with van der Waals surface area (Å²) >= 11 is 0. The summed E-state index contributed by atoms with van der Waals surface area (Å²) in [6.45, 7) is 3.82. The molecular formula is C24H22N2O4S2. The van der Waals surface area contributed by atoms with E-state index < -0.39 is 20.0 Å². The third-order valence-corrected chi connectivity index (χ3v) is 7.91. The standard InChI is InChI=1S/C24H22N2O4S2/c1-17-9-13-19(14-10-17)25-31(27,28)23-7-3-6-22-21(23)5-4-8-24(22)32(29,30)26-20-15-11-18(2)12-16-20/h3-16,25-26H,1-2H3. The average molecular weight is 467 g/mol. The molecule has 0 atom stereocenters. The number of sulfonamides is 2. The normalized spacial score (nSPS) is 11.9. The number of benzene rings is 4. The molecule has 0 aliphatic carbocycles. The average Bonchev–Trinajstić information content (AvgIpc) is 2.76. The van der Waals surface area contributed by atoms with Gasteiger partial charge in [0.15, 0.2) is 0 Å². The highest BCUT2D eigenvalue weighted by molar-refractivity contribution is 7.93. The molecule has 4 rings (SSSR count). The van der Waals surface area contributed by atoms with E-state index in [2.05, 4.69) is 9.44 Å². The van der Waals surface area contributed by atoms with E-state index in [1.807, 2.05) is 38.1 Å². The van der Waals surface area contributed by atoms with Gasteiger partial charge in [-0.15, -0.1) is 0 Å². The zero-order chi connectivity index (χ0) is 22.9. The zero-order valence-corrected chi connectivity index (χ0v) is 19.2. The lowest BCUT2D eigenvalue weighted by molar-refractivity contribution is 0.599. The molecule has 0 saturated heterocycles. The highest BCUT2D eigenvalue weighted by atomic mass is 32.2. The first-order valence-electron chi connectivity index (χ1n) is 9.86. The van der Waals surface area contributed by atoms with Crippen LogP contribution in [0.15, 0.2) is 94.7 Å². The smallest absolute Gasteiger partial charge is 0.262 e. The molecule has 4 aromatic rings. The Morgan fingerprint density at radius 2 is 0.844 bits per heavy atom. The van der Waals surface area contributed by atoms with Gasteiger partial charge in [0.2, 0.25) is 0 Å². The highest BCUT2D eigenvalue weighted by Crippen LogP contribution is 2.30. The van der Waals surface area contributed by atoms with Crippen LogP contribution in [0.3, 0.4) is 0 Å². The summed E-state index contributed by atoms with van der Waals surface area (Å²) in [6, 6.07) is 23.2. The maximum Gasteiger partial charge on any atom is 0.262 e. The molecule has 0 bridgehead atoms. The fraction of sp³-hybridized carbons (Fsp3) is 0.0833. The molecular weight excluding hydrogens is 444 g/mol. The summed E-state index contributed by atoms with van der Waals surface area (Å²) in [6.07, 6.45) is 0. The van der Waals surface area contributed by atoms with E-state index in [1.54, 1.807) is 36.4 Å². The van der Waals surface area contributed by atoms with Crippen LogP contribution in [0, 0.1) is 13.8 Å². The van der Waals surface area contributed by atoms with Crippen LogP contribution >= 0.6 is 0 Å². The predicted molar refractivity (Wildman–Crippen MR) is 128 cm³/mol. The van der Waals surface area contributed by atoms with Crippen LogP contribution in [0.25, 0.3) is 10.8 Å². The minimum Gasteiger partial charge on any atom is -0.280 e. The summed E-state index contributed by atoms with van der Waals surface area (Å²) in [4.78, 5) is 0.00548. The minimum absolute atomic E-state index is 0.00274. The molecule has 0 saturated carbocycles. The van der Waals surface area contributed by atoms with Gasteiger partial charge in [-0.1, -0.05) is 59.7 Å². The molecule has 164 valence electrons. The minimum atomic E-state index is -3.94. The first kappa shape index (κ1) is 21.9. The van der Waals surface area contributed by atoms with Gasteiger partial charge < -0.3 is 0 Å². The van der Waals surface area contributed by atoms with E-state index in [9.17, 15) is 16.8 Å². The molecule has 4 aromatic carbocycles. The molecule has 0 amide bonds. The second kappa shape index (κ2) is 8.29. The van der Waals surface area contributed by atoms with Crippen LogP contribution in [-0.2, 0) is 20.0 Å². The van der Waals surface area contributed by atoms with Gasteiger partial charge in [-0.3, -0.25) is 9.44 Å². The van der Waals surface area contributed by atoms with E-state index in [0.717, 1.165) is 11.1 Å². The van der Waals surface area contributed by atoms with Gasteiger partial charge in [0.05, 0.1) is 9.79 Å². The predicted octanol–water partition coefficient (Wildman–Crippen LogP) is 5.06. The van der Waals surface area contributed by atoms with Gasteiger partial charge in [0.1, 0.15) is 0 Å². The quantitative estimate of drug-likeness (QED) is 0.416. The van der Waals surface area contributed by atoms with E-state index in [1.165, 1.54) is 24.3 Å². The zero-order valence-electron chi connectivity index (χ0n) is 17.5. The molecule has 0 heterocycles. The molecule has 32 heavy (non-hydrogen) atoms. The topological polar surface area (TPSA) is 92.3 Å². The fourth-order valence-electron chi connectivity index (χ4n) is 3.38. The van der Waals surface area contributed by atoms with Crippen LogP contribution in [0.2, 0.25) is 0 Å². The molecule has 2 N–H and O–H groups in total. The van der Waals surface area contributed by atoms with E-state index in [-0.39, 0.29) is 9.79 Å². The highest BCUT2D eigenvalue weighted by Gasteiger charge is 2.22. The Hall–Kier alpha value is -3.36. The molecule has 0 aliphatic rings. The number of hydrogen-bond donors (Lipinski definition) is 2. The van der Waals surface area contributed by atoms with Crippen molar-refractivity contribution >= 4 is 42.2 Å². The largest absolute Gasteiger partial charge is 0.280 e. The Morgan fingerprint density at radius 1 is 0.500 bits per heavy atom. The molecule has 0 aromatic heterocycles. The Morgan fingerprint density at radius 3 is 1.19 bits per heavy atom. The summed E-state index contributed by atoms with van der Waals surface area (Å²) in [5.74, 6) is 0. The van der Waals surface area contributed by atoms with E-state index in [4.69, 9.17) is 0 Å². The Balaban J connectivity index is 1.77. The van der Waals surface area contributed by atoms with Crippen molar-refractivity contribution in [1.82, 2.24) is 0 Å². The van der Waals surface area contributed by atoms with Crippen LogP contribution < -0.4 is 9.44 Å². The summed E-state index contributed by atoms with van der Waals surface area (Å²) < 4.78 is 57.6. The summed E-state index contributed by atoms with van der Waals surface area (Å²) in [5.41, 5.74) is 2.87. The SMILES string of the molecule is Cc1ccc(NS(=O)(=O)c2cccc3c(S(=O)(=O)Nc4ccc(C)cc4)cccc23)cc1. The summed E-state index contributed by atoms with van der Waals surface area (Å²) in [5, 5.41) is 0.637. The van der Waals surface area contributed by atoms with Crippen LogP contribution in [0.4, 0.5) is 11.4 Å². The first-order chi connectivity index (χ1) is 15.2. The fourth-order valence-corrected chi connectivity index (χ4v) is 5.95. The Kier molecular flexibility index (Phi) is 5.66. The Labute approximate surface area is 188 Å². The first-order valence-corrected chi connectivity index (χ1v) is 12.8. The lowest BCUT2D eigenvalue weighted by Gasteiger charge is -2.14. The molecule has 0 aliphatic heterocycles. The third-order valence-electron chi connectivity index (χ3n) is 5.03. The van der Waals surface area contributed by atoms with Crippen LogP contribution in [0.5, 0.6) is 0 Å². The van der Waals surface area contributed by atoms with Crippen molar-refractivity contribution in [1.29, 1.82) is 0 Å². The van der Waals surface area contributed by atoms with Crippen molar-refractivity contribution in [2.75, 3.05) is 9.44 Å². The lowest BCUT2D eigenvalue weighted by atomic mass is 10.1. The van der Waals surface area contributed by atoms with Gasteiger partial charge in [0.25, 0.3) is 20.0 Å². The van der Waals surface area contributed by atoms with Gasteiger partial charge in [-0.2, -0.15) is 0 Å². The Bertz CT molecular complexity index is 1380. The van der Waals surface area contributed by atoms with Gasteiger partial charge in [-0.25, -0.2) is 16.8 Å². The van der Waals surface area contributed by atoms with Crippen molar-refractivity contribution in [2.24, 2.45) is 0 Å². The van der Waals surface area contributed by atoms with Crippen molar-refractivity contribution in [2.45, 2.75) is 23.6 Å². The summed E-state index contributed by atoms with van der Waals surface area (Å²) in [7, 11) is -7.89. The van der Waals surface area contributed by atoms with Gasteiger partial charge in [0, 0.05) is 22.1 Å². The molecule has 0 radical (unpaired) electrons.